The summed E-state index contributed by atoms with van der Waals surface area (Å²) in [4.78, 5) is 32.6. The molecule has 194 valence electrons. The Hall–Kier alpha value is -2.22. The third kappa shape index (κ3) is 6.18. The highest BCUT2D eigenvalue weighted by Gasteiger charge is 2.43. The summed E-state index contributed by atoms with van der Waals surface area (Å²) in [6.07, 6.45) is 7.28. The number of piperidine rings is 1. The lowest BCUT2D eigenvalue weighted by atomic mass is 9.90. The quantitative estimate of drug-likeness (QED) is 0.560. The van der Waals surface area contributed by atoms with Crippen LogP contribution in [0.5, 0.6) is 0 Å². The number of aryl methyl sites for hydroxylation is 1. The summed E-state index contributed by atoms with van der Waals surface area (Å²) in [5.74, 6) is 0.336. The van der Waals surface area contributed by atoms with Gasteiger partial charge in [-0.25, -0.2) is 0 Å². The lowest BCUT2D eigenvalue weighted by Crippen LogP contribution is -2.58. The van der Waals surface area contributed by atoms with Gasteiger partial charge in [0.05, 0.1) is 0 Å². The zero-order valence-electron chi connectivity index (χ0n) is 21.4. The maximum Gasteiger partial charge on any atom is 0.243 e. The van der Waals surface area contributed by atoms with Crippen LogP contribution in [0.4, 0.5) is 0 Å². The van der Waals surface area contributed by atoms with E-state index < -0.39 is 6.04 Å². The first-order valence-electron chi connectivity index (χ1n) is 13.7. The van der Waals surface area contributed by atoms with Crippen molar-refractivity contribution < 1.29 is 9.59 Å². The maximum atomic E-state index is 13.7. The summed E-state index contributed by atoms with van der Waals surface area (Å²) in [5.41, 5.74) is 8.70. The van der Waals surface area contributed by atoms with Crippen LogP contribution in [0.2, 0.25) is 0 Å². The van der Waals surface area contributed by atoms with Crippen LogP contribution in [-0.4, -0.2) is 52.3 Å². The monoisotopic (exact) mass is 508 g/mol. The van der Waals surface area contributed by atoms with Crippen molar-refractivity contribution in [3.8, 4) is 0 Å². The number of nitrogens with one attached hydrogen (secondary N) is 1. The van der Waals surface area contributed by atoms with Gasteiger partial charge in [0.1, 0.15) is 6.04 Å². The molecule has 2 aliphatic carbocycles. The fourth-order valence-corrected chi connectivity index (χ4v) is 6.57. The zero-order valence-corrected chi connectivity index (χ0v) is 22.2. The molecule has 1 unspecified atom stereocenters. The predicted molar refractivity (Wildman–Crippen MR) is 144 cm³/mol. The average molecular weight is 509 g/mol. The summed E-state index contributed by atoms with van der Waals surface area (Å²) in [7, 11) is 0. The number of carbonyl (C=O) groups is 2. The fourth-order valence-electron chi connectivity index (χ4n) is 5.84. The molecule has 5 rings (SSSR count). The minimum atomic E-state index is -0.393. The summed E-state index contributed by atoms with van der Waals surface area (Å²) in [5, 5.41) is 5.44. The van der Waals surface area contributed by atoms with E-state index in [2.05, 4.69) is 58.9 Å². The van der Waals surface area contributed by atoms with Gasteiger partial charge in [-0.05, 0) is 80.9 Å². The molecule has 0 spiro atoms. The van der Waals surface area contributed by atoms with E-state index in [-0.39, 0.29) is 35.9 Å². The Labute approximate surface area is 219 Å². The molecule has 0 radical (unpaired) electrons. The normalized spacial score (nSPS) is 26.7. The smallest absolute Gasteiger partial charge is 0.243 e. The molecule has 2 saturated carbocycles. The molecule has 1 saturated heterocycles. The highest BCUT2D eigenvalue weighted by molar-refractivity contribution is 7.09. The average Bonchev–Trinajstić information content (AvgIpc) is 3.61. The van der Waals surface area contributed by atoms with Crippen molar-refractivity contribution in [2.75, 3.05) is 6.54 Å². The number of rotatable bonds is 8. The second-order valence-corrected chi connectivity index (χ2v) is 12.1. The molecule has 2 amide bonds. The van der Waals surface area contributed by atoms with Crippen LogP contribution < -0.4 is 11.1 Å². The molecule has 3 fully saturated rings. The SMILES string of the molecule is Cc1ccccc1CN(Cc1cccs1)C1CCN(C(=O)C2CC2)[C@@H](C(=O)NC2CCC(N)CC2)C1. The van der Waals surface area contributed by atoms with Crippen molar-refractivity contribution >= 4 is 23.2 Å². The van der Waals surface area contributed by atoms with Gasteiger partial charge in [0.15, 0.2) is 0 Å². The number of benzene rings is 1. The number of amides is 2. The van der Waals surface area contributed by atoms with Gasteiger partial charge < -0.3 is 16.0 Å². The lowest BCUT2D eigenvalue weighted by Gasteiger charge is -2.43. The predicted octanol–water partition coefficient (Wildman–Crippen LogP) is 4.21. The lowest BCUT2D eigenvalue weighted by molar-refractivity contribution is -0.145. The van der Waals surface area contributed by atoms with Crippen molar-refractivity contribution in [2.24, 2.45) is 11.7 Å². The molecule has 7 heteroatoms. The molecule has 1 aromatic carbocycles. The van der Waals surface area contributed by atoms with Crippen LogP contribution >= 0.6 is 11.3 Å². The van der Waals surface area contributed by atoms with E-state index in [1.54, 1.807) is 11.3 Å². The fraction of sp³-hybridized carbons (Fsp3) is 0.586. The summed E-state index contributed by atoms with van der Waals surface area (Å²) in [6.45, 7) is 4.53. The highest BCUT2D eigenvalue weighted by Crippen LogP contribution is 2.35. The summed E-state index contributed by atoms with van der Waals surface area (Å²) < 4.78 is 0. The highest BCUT2D eigenvalue weighted by atomic mass is 32.1. The number of hydrogen-bond acceptors (Lipinski definition) is 5. The topological polar surface area (TPSA) is 78.7 Å². The molecule has 2 heterocycles. The first kappa shape index (κ1) is 25.4. The van der Waals surface area contributed by atoms with Gasteiger partial charge in [0.2, 0.25) is 11.8 Å². The van der Waals surface area contributed by atoms with Gasteiger partial charge in [-0.15, -0.1) is 11.3 Å². The van der Waals surface area contributed by atoms with Crippen molar-refractivity contribution in [1.82, 2.24) is 15.1 Å². The van der Waals surface area contributed by atoms with E-state index >= 15 is 0 Å². The summed E-state index contributed by atoms with van der Waals surface area (Å²) in [6, 6.07) is 13.1. The molecule has 3 N–H and O–H groups in total. The zero-order chi connectivity index (χ0) is 25.1. The van der Waals surface area contributed by atoms with Crippen LogP contribution in [-0.2, 0) is 22.7 Å². The van der Waals surface area contributed by atoms with E-state index in [9.17, 15) is 9.59 Å². The number of hydrogen-bond donors (Lipinski definition) is 2. The minimum absolute atomic E-state index is 0.0288. The molecule has 0 bridgehead atoms. The second-order valence-electron chi connectivity index (χ2n) is 11.0. The third-order valence-electron chi connectivity index (χ3n) is 8.30. The Bertz CT molecular complexity index is 1030. The molecule has 36 heavy (non-hydrogen) atoms. The number of nitrogens with two attached hydrogens (primary N) is 1. The van der Waals surface area contributed by atoms with Gasteiger partial charge in [-0.1, -0.05) is 30.3 Å². The van der Waals surface area contributed by atoms with Crippen LogP contribution in [0.3, 0.4) is 0 Å². The van der Waals surface area contributed by atoms with Crippen LogP contribution in [0.25, 0.3) is 0 Å². The Morgan fingerprint density at radius 3 is 2.50 bits per heavy atom. The van der Waals surface area contributed by atoms with E-state index in [0.717, 1.165) is 58.0 Å². The first-order valence-corrected chi connectivity index (χ1v) is 14.5. The molecule has 3 aliphatic rings. The molecule has 2 aromatic rings. The van der Waals surface area contributed by atoms with Gasteiger partial charge in [-0.2, -0.15) is 0 Å². The van der Waals surface area contributed by atoms with Crippen molar-refractivity contribution in [3.05, 3.63) is 57.8 Å². The Morgan fingerprint density at radius 2 is 1.81 bits per heavy atom. The van der Waals surface area contributed by atoms with Crippen molar-refractivity contribution in [1.29, 1.82) is 0 Å². The van der Waals surface area contributed by atoms with Gasteiger partial charge in [-0.3, -0.25) is 14.5 Å². The standard InChI is InChI=1S/C29H40N4O2S/c1-20-5-2-3-6-22(20)18-32(19-26-7-4-16-36-26)25-14-15-33(29(35)21-8-9-21)27(17-25)28(34)31-24-12-10-23(30)11-13-24/h2-7,16,21,23-25,27H,8-15,17-19,30H2,1H3,(H,31,34)/t23?,24?,25?,27-/m1/s1. The van der Waals surface area contributed by atoms with Crippen molar-refractivity contribution in [3.63, 3.8) is 0 Å². The van der Waals surface area contributed by atoms with Crippen molar-refractivity contribution in [2.45, 2.75) is 95.5 Å². The molecular weight excluding hydrogens is 468 g/mol. The maximum absolute atomic E-state index is 13.7. The molecule has 1 aromatic heterocycles. The van der Waals surface area contributed by atoms with Gasteiger partial charge >= 0.3 is 0 Å². The van der Waals surface area contributed by atoms with Crippen LogP contribution in [0.15, 0.2) is 41.8 Å². The molecule has 1 aliphatic heterocycles. The Kier molecular flexibility index (Phi) is 8.09. The number of thiophene rings is 1. The van der Waals surface area contributed by atoms with E-state index in [4.69, 9.17) is 5.73 Å². The number of likely N-dealkylation sites (tertiary alicyclic amines) is 1. The van der Waals surface area contributed by atoms with E-state index in [1.165, 1.54) is 16.0 Å². The minimum Gasteiger partial charge on any atom is -0.352 e. The molecular formula is C29H40N4O2S. The largest absolute Gasteiger partial charge is 0.352 e. The summed E-state index contributed by atoms with van der Waals surface area (Å²) >= 11 is 1.78. The first-order chi connectivity index (χ1) is 17.5. The molecule has 2 atom stereocenters. The van der Waals surface area contributed by atoms with Crippen LogP contribution in [0.1, 0.15) is 67.4 Å². The van der Waals surface area contributed by atoms with Gasteiger partial charge in [0.25, 0.3) is 0 Å². The molecule has 6 nitrogen and oxygen atoms in total. The van der Waals surface area contributed by atoms with Gasteiger partial charge in [0, 0.05) is 48.6 Å². The Balaban J connectivity index is 1.34. The number of carbonyl (C=O) groups excluding carboxylic acids is 2. The second kappa shape index (κ2) is 11.4. The van der Waals surface area contributed by atoms with E-state index in [0.29, 0.717) is 13.0 Å². The Morgan fingerprint density at radius 1 is 1.03 bits per heavy atom. The van der Waals surface area contributed by atoms with E-state index in [1.807, 2.05) is 4.90 Å². The third-order valence-corrected chi connectivity index (χ3v) is 9.16. The van der Waals surface area contributed by atoms with Crippen LogP contribution in [0, 0.1) is 12.8 Å². The number of nitrogens with zero attached hydrogens (tertiary/aromatic N) is 2.